The molecular weight excluding hydrogens is 428 g/mol. The molecule has 5 aromatic rings. The van der Waals surface area contributed by atoms with Crippen LogP contribution in [0.2, 0.25) is 0 Å². The molecule has 3 aliphatic rings. The molecule has 170 valence electrons. The van der Waals surface area contributed by atoms with Gasteiger partial charge in [0.05, 0.1) is 27.6 Å². The first-order valence-corrected chi connectivity index (χ1v) is 11.9. The standard InChI is InChI=1S/C27H24N4O3/c1-28-16-11-19-30-17-9-5-4-8-14(17)21-22-15(12-29-26(22)32)20-13-7-3-6-10-18(13)31(23(20)24(21)30)27(34-19)25(16)33-2/h3-10,16,19,25,27-28H,11-12H2,1-2H3,(H,29,32)/t16-,19?,25-,27?/m0/s1. The van der Waals surface area contributed by atoms with E-state index in [1.165, 1.54) is 0 Å². The maximum absolute atomic E-state index is 13.3. The van der Waals surface area contributed by atoms with Crippen LogP contribution < -0.4 is 10.6 Å². The first kappa shape index (κ1) is 19.0. The molecule has 5 heterocycles. The van der Waals surface area contributed by atoms with Crippen LogP contribution in [-0.2, 0) is 16.0 Å². The van der Waals surface area contributed by atoms with E-state index in [9.17, 15) is 4.79 Å². The Kier molecular flexibility index (Phi) is 3.56. The summed E-state index contributed by atoms with van der Waals surface area (Å²) in [6, 6.07) is 17.0. The molecule has 2 N–H and O–H groups in total. The first-order chi connectivity index (χ1) is 16.7. The topological polar surface area (TPSA) is 69.5 Å². The van der Waals surface area contributed by atoms with Gasteiger partial charge in [0, 0.05) is 47.7 Å². The van der Waals surface area contributed by atoms with Gasteiger partial charge in [-0.2, -0.15) is 0 Å². The Morgan fingerprint density at radius 3 is 2.41 bits per heavy atom. The number of nitrogens with one attached hydrogen (secondary N) is 2. The Hall–Kier alpha value is -3.39. The number of ether oxygens (including phenoxy) is 2. The molecule has 0 radical (unpaired) electrons. The summed E-state index contributed by atoms with van der Waals surface area (Å²) >= 11 is 0. The number of rotatable bonds is 2. The number of fused-ring (bicyclic) bond motifs is 13. The van der Waals surface area contributed by atoms with Gasteiger partial charge >= 0.3 is 0 Å². The largest absolute Gasteiger partial charge is 0.375 e. The normalized spacial score (nSPS) is 25.5. The third kappa shape index (κ3) is 2.03. The number of hydrogen-bond acceptors (Lipinski definition) is 4. The van der Waals surface area contributed by atoms with Crippen LogP contribution in [0, 0.1) is 0 Å². The predicted molar refractivity (Wildman–Crippen MR) is 131 cm³/mol. The molecule has 4 atom stereocenters. The van der Waals surface area contributed by atoms with E-state index >= 15 is 0 Å². The average Bonchev–Trinajstić information content (AvgIpc) is 3.50. The second-order valence-electron chi connectivity index (χ2n) is 9.57. The van der Waals surface area contributed by atoms with Gasteiger partial charge in [0.15, 0.2) is 6.23 Å². The minimum Gasteiger partial charge on any atom is -0.375 e. The molecule has 34 heavy (non-hydrogen) atoms. The SMILES string of the molecule is CN[C@H]1CC2OC([C@H]1OC)n1c3ccccc3c3c4c(c5c6ccccc6n2c5c31)C(=O)NC4. The number of likely N-dealkylation sites (N-methyl/N-ethyl adjacent to an activating group) is 1. The monoisotopic (exact) mass is 452 g/mol. The van der Waals surface area contributed by atoms with Crippen molar-refractivity contribution in [2.45, 2.75) is 37.6 Å². The number of para-hydroxylation sites is 2. The van der Waals surface area contributed by atoms with Gasteiger partial charge in [-0.15, -0.1) is 0 Å². The number of benzene rings is 3. The van der Waals surface area contributed by atoms with Crippen molar-refractivity contribution in [1.29, 1.82) is 0 Å². The molecule has 1 fully saturated rings. The quantitative estimate of drug-likeness (QED) is 0.422. The van der Waals surface area contributed by atoms with Crippen molar-refractivity contribution in [2.24, 2.45) is 0 Å². The van der Waals surface area contributed by atoms with Gasteiger partial charge in [0.25, 0.3) is 5.91 Å². The van der Waals surface area contributed by atoms with Crippen LogP contribution in [0.1, 0.15) is 34.8 Å². The van der Waals surface area contributed by atoms with Gasteiger partial charge in [0.2, 0.25) is 0 Å². The Balaban J connectivity index is 1.70. The third-order valence-corrected chi connectivity index (χ3v) is 8.17. The summed E-state index contributed by atoms with van der Waals surface area (Å²) in [5.41, 5.74) is 6.32. The zero-order valence-corrected chi connectivity index (χ0v) is 19.0. The summed E-state index contributed by atoms with van der Waals surface area (Å²) in [5.74, 6) is 0.00707. The molecule has 7 nitrogen and oxygen atoms in total. The van der Waals surface area contributed by atoms with Crippen molar-refractivity contribution in [2.75, 3.05) is 14.2 Å². The molecule has 2 aromatic heterocycles. The molecule has 8 rings (SSSR count). The van der Waals surface area contributed by atoms with Crippen LogP contribution in [0.3, 0.4) is 0 Å². The Labute approximate surface area is 195 Å². The van der Waals surface area contributed by atoms with Gasteiger partial charge < -0.3 is 29.2 Å². The number of hydrogen-bond donors (Lipinski definition) is 2. The second kappa shape index (κ2) is 6.39. The molecule has 2 bridgehead atoms. The molecule has 3 aromatic carbocycles. The summed E-state index contributed by atoms with van der Waals surface area (Å²) in [4.78, 5) is 13.3. The van der Waals surface area contributed by atoms with E-state index in [1.807, 2.05) is 7.05 Å². The zero-order chi connectivity index (χ0) is 22.7. The Morgan fingerprint density at radius 1 is 1.00 bits per heavy atom. The van der Waals surface area contributed by atoms with E-state index in [-0.39, 0.29) is 30.5 Å². The highest BCUT2D eigenvalue weighted by Gasteiger charge is 2.45. The highest BCUT2D eigenvalue weighted by atomic mass is 16.6. The maximum atomic E-state index is 13.3. The lowest BCUT2D eigenvalue weighted by atomic mass is 9.97. The van der Waals surface area contributed by atoms with Crippen LogP contribution in [-0.4, -0.2) is 41.3 Å². The molecule has 0 spiro atoms. The number of aromatic nitrogens is 2. The van der Waals surface area contributed by atoms with Crippen molar-refractivity contribution >= 4 is 49.5 Å². The van der Waals surface area contributed by atoms with Crippen LogP contribution in [0.5, 0.6) is 0 Å². The van der Waals surface area contributed by atoms with E-state index in [0.29, 0.717) is 6.54 Å². The van der Waals surface area contributed by atoms with E-state index in [0.717, 1.165) is 61.2 Å². The molecule has 2 unspecified atom stereocenters. The van der Waals surface area contributed by atoms with E-state index in [1.54, 1.807) is 7.11 Å². The van der Waals surface area contributed by atoms with Gasteiger partial charge in [-0.25, -0.2) is 0 Å². The fraction of sp³-hybridized carbons (Fsp3) is 0.296. The van der Waals surface area contributed by atoms with Crippen LogP contribution in [0.25, 0.3) is 43.6 Å². The average molecular weight is 453 g/mol. The summed E-state index contributed by atoms with van der Waals surface area (Å²) in [6.45, 7) is 0.538. The lowest BCUT2D eigenvalue weighted by Crippen LogP contribution is -2.50. The maximum Gasteiger partial charge on any atom is 0.252 e. The van der Waals surface area contributed by atoms with E-state index < -0.39 is 0 Å². The molecule has 0 aliphatic carbocycles. The van der Waals surface area contributed by atoms with Crippen LogP contribution in [0.15, 0.2) is 48.5 Å². The number of methoxy groups -OCH3 is 1. The number of carbonyl (C=O) groups excluding carboxylic acids is 1. The smallest absolute Gasteiger partial charge is 0.252 e. The number of nitrogens with zero attached hydrogens (tertiary/aromatic N) is 2. The lowest BCUT2D eigenvalue weighted by molar-refractivity contribution is -0.192. The van der Waals surface area contributed by atoms with Crippen molar-refractivity contribution < 1.29 is 14.3 Å². The van der Waals surface area contributed by atoms with E-state index in [4.69, 9.17) is 9.47 Å². The fourth-order valence-corrected chi connectivity index (χ4v) is 6.86. The Bertz CT molecular complexity index is 1700. The van der Waals surface area contributed by atoms with Gasteiger partial charge in [-0.05, 0) is 24.7 Å². The van der Waals surface area contributed by atoms with Crippen molar-refractivity contribution in [3.8, 4) is 0 Å². The van der Waals surface area contributed by atoms with Gasteiger partial charge in [0.1, 0.15) is 12.3 Å². The van der Waals surface area contributed by atoms with Crippen molar-refractivity contribution in [1.82, 2.24) is 19.8 Å². The van der Waals surface area contributed by atoms with Gasteiger partial charge in [-0.1, -0.05) is 36.4 Å². The van der Waals surface area contributed by atoms with Gasteiger partial charge in [-0.3, -0.25) is 4.79 Å². The molecule has 0 saturated carbocycles. The van der Waals surface area contributed by atoms with E-state index in [2.05, 4.69) is 68.3 Å². The molecule has 3 aliphatic heterocycles. The molecular formula is C27H24N4O3. The number of amides is 1. The van der Waals surface area contributed by atoms with Crippen molar-refractivity contribution in [3.63, 3.8) is 0 Å². The number of carbonyl (C=O) groups is 1. The minimum atomic E-state index is -0.298. The van der Waals surface area contributed by atoms with Crippen molar-refractivity contribution in [3.05, 3.63) is 59.7 Å². The highest BCUT2D eigenvalue weighted by molar-refractivity contribution is 6.30. The third-order valence-electron chi connectivity index (χ3n) is 8.17. The second-order valence-corrected chi connectivity index (χ2v) is 9.57. The summed E-state index contributed by atoms with van der Waals surface area (Å²) in [6.07, 6.45) is 0.140. The summed E-state index contributed by atoms with van der Waals surface area (Å²) < 4.78 is 17.6. The zero-order valence-electron chi connectivity index (χ0n) is 19.0. The summed E-state index contributed by atoms with van der Waals surface area (Å²) in [7, 11) is 3.76. The first-order valence-electron chi connectivity index (χ1n) is 11.9. The lowest BCUT2D eigenvalue weighted by Gasteiger charge is -2.41. The Morgan fingerprint density at radius 2 is 1.68 bits per heavy atom. The predicted octanol–water partition coefficient (Wildman–Crippen LogP) is 4.18. The van der Waals surface area contributed by atoms with Crippen LogP contribution >= 0.6 is 0 Å². The fourth-order valence-electron chi connectivity index (χ4n) is 6.86. The minimum absolute atomic E-state index is 0.00707. The summed E-state index contributed by atoms with van der Waals surface area (Å²) in [5, 5.41) is 11.0. The molecule has 1 saturated heterocycles. The molecule has 1 amide bonds. The molecule has 7 heteroatoms. The van der Waals surface area contributed by atoms with Crippen LogP contribution in [0.4, 0.5) is 0 Å². The highest BCUT2D eigenvalue weighted by Crippen LogP contribution is 2.51.